The van der Waals surface area contributed by atoms with Crippen molar-refractivity contribution in [2.45, 2.75) is 63.4 Å². The Kier molecular flexibility index (Phi) is 3.17. The van der Waals surface area contributed by atoms with E-state index in [2.05, 4.69) is 18.7 Å². The highest BCUT2D eigenvalue weighted by Crippen LogP contribution is 2.49. The maximum atomic E-state index is 9.84. The maximum Gasteiger partial charge on any atom is 0.124 e. The predicted octanol–water partition coefficient (Wildman–Crippen LogP) is 1.72. The van der Waals surface area contributed by atoms with Crippen LogP contribution in [0.5, 0.6) is 0 Å². The Hall–Kier alpha value is -0.160. The van der Waals surface area contributed by atoms with Gasteiger partial charge in [-0.05, 0) is 31.6 Å². The molecular formula is C14H25NO3. The summed E-state index contributed by atoms with van der Waals surface area (Å²) in [4.78, 5) is 2.39. The van der Waals surface area contributed by atoms with Gasteiger partial charge in [0.05, 0.1) is 25.4 Å². The molecule has 3 fully saturated rings. The van der Waals surface area contributed by atoms with E-state index in [1.165, 1.54) is 19.3 Å². The molecule has 2 atom stereocenters. The lowest BCUT2D eigenvalue weighted by atomic mass is 9.88. The molecule has 4 heteroatoms. The first-order valence-electron chi connectivity index (χ1n) is 7.29. The minimum atomic E-state index is -0.285. The Morgan fingerprint density at radius 1 is 1.22 bits per heavy atom. The van der Waals surface area contributed by atoms with Crippen LogP contribution >= 0.6 is 0 Å². The predicted molar refractivity (Wildman–Crippen MR) is 68.0 cm³/mol. The van der Waals surface area contributed by atoms with Gasteiger partial charge >= 0.3 is 0 Å². The van der Waals surface area contributed by atoms with E-state index in [1.54, 1.807) is 0 Å². The largest absolute Gasteiger partial charge is 0.394 e. The van der Waals surface area contributed by atoms with Crippen molar-refractivity contribution in [3.05, 3.63) is 0 Å². The molecule has 0 amide bonds. The second-order valence-corrected chi connectivity index (χ2v) is 6.49. The Bertz CT molecular complexity index is 314. The highest BCUT2D eigenvalue weighted by atomic mass is 16.6. The molecule has 2 heterocycles. The van der Waals surface area contributed by atoms with Gasteiger partial charge in [-0.3, -0.25) is 0 Å². The van der Waals surface area contributed by atoms with Crippen molar-refractivity contribution in [3.8, 4) is 0 Å². The van der Waals surface area contributed by atoms with Crippen LogP contribution in [0, 0.1) is 5.92 Å². The highest BCUT2D eigenvalue weighted by Gasteiger charge is 2.62. The van der Waals surface area contributed by atoms with Gasteiger partial charge in [0, 0.05) is 0 Å². The lowest BCUT2D eigenvalue weighted by Gasteiger charge is -2.45. The number of aliphatic hydroxyl groups excluding tert-OH is 1. The lowest BCUT2D eigenvalue weighted by Crippen LogP contribution is -2.58. The molecule has 1 N–H and O–H groups in total. The van der Waals surface area contributed by atoms with Crippen molar-refractivity contribution in [3.63, 3.8) is 0 Å². The molecule has 2 saturated heterocycles. The van der Waals surface area contributed by atoms with Crippen LogP contribution in [0.4, 0.5) is 0 Å². The molecule has 3 aliphatic rings. The molecular weight excluding hydrogens is 230 g/mol. The first-order valence-corrected chi connectivity index (χ1v) is 7.29. The van der Waals surface area contributed by atoms with Crippen LogP contribution in [0.2, 0.25) is 0 Å². The summed E-state index contributed by atoms with van der Waals surface area (Å²) in [5.74, 6) is 0.430. The molecule has 0 bridgehead atoms. The van der Waals surface area contributed by atoms with Crippen molar-refractivity contribution in [1.82, 2.24) is 4.90 Å². The first kappa shape index (κ1) is 12.9. The molecule has 2 aliphatic heterocycles. The minimum absolute atomic E-state index is 0.0951. The number of fused-ring (bicyclic) bond motifs is 2. The van der Waals surface area contributed by atoms with Gasteiger partial charge in [0.15, 0.2) is 0 Å². The molecule has 1 spiro atoms. The molecule has 4 nitrogen and oxygen atoms in total. The molecule has 18 heavy (non-hydrogen) atoms. The lowest BCUT2D eigenvalue weighted by molar-refractivity contribution is -0.166. The van der Waals surface area contributed by atoms with Gasteiger partial charge in [-0.15, -0.1) is 0 Å². The third-order valence-electron chi connectivity index (χ3n) is 4.84. The summed E-state index contributed by atoms with van der Waals surface area (Å²) in [6.45, 7) is 5.73. The van der Waals surface area contributed by atoms with Crippen molar-refractivity contribution in [1.29, 1.82) is 0 Å². The van der Waals surface area contributed by atoms with E-state index in [9.17, 15) is 5.11 Å². The molecule has 0 radical (unpaired) electrons. The molecule has 104 valence electrons. The smallest absolute Gasteiger partial charge is 0.124 e. The zero-order chi connectivity index (χ0) is 12.8. The summed E-state index contributed by atoms with van der Waals surface area (Å²) in [5, 5.41) is 9.84. The summed E-state index contributed by atoms with van der Waals surface area (Å²) in [6, 6.07) is 0. The van der Waals surface area contributed by atoms with Gasteiger partial charge in [-0.25, -0.2) is 4.90 Å². The topological polar surface area (TPSA) is 41.9 Å². The summed E-state index contributed by atoms with van der Waals surface area (Å²) in [6.07, 6.45) is 6.02. The molecule has 0 unspecified atom stereocenters. The van der Waals surface area contributed by atoms with Crippen molar-refractivity contribution in [2.75, 3.05) is 19.8 Å². The van der Waals surface area contributed by atoms with Gasteiger partial charge in [0.25, 0.3) is 0 Å². The summed E-state index contributed by atoms with van der Waals surface area (Å²) in [7, 11) is 0. The zero-order valence-corrected chi connectivity index (χ0v) is 11.5. The van der Waals surface area contributed by atoms with E-state index in [-0.39, 0.29) is 24.1 Å². The number of aliphatic hydroxyl groups is 1. The van der Waals surface area contributed by atoms with Gasteiger partial charge in [0.1, 0.15) is 12.0 Å². The normalized spacial score (nSPS) is 39.7. The Morgan fingerprint density at radius 3 is 2.56 bits per heavy atom. The fraction of sp³-hybridized carbons (Fsp3) is 1.00. The van der Waals surface area contributed by atoms with E-state index in [0.717, 1.165) is 12.8 Å². The maximum absolute atomic E-state index is 9.84. The van der Waals surface area contributed by atoms with Gasteiger partial charge in [0.2, 0.25) is 0 Å². The Morgan fingerprint density at radius 2 is 1.94 bits per heavy atom. The minimum Gasteiger partial charge on any atom is -0.394 e. The Balaban J connectivity index is 1.93. The van der Waals surface area contributed by atoms with E-state index < -0.39 is 0 Å². The van der Waals surface area contributed by atoms with Gasteiger partial charge in [-0.2, -0.15) is 0 Å². The van der Waals surface area contributed by atoms with Crippen LogP contribution in [0.25, 0.3) is 0 Å². The summed E-state index contributed by atoms with van der Waals surface area (Å²) in [5.41, 5.74) is -0.446. The second-order valence-electron chi connectivity index (χ2n) is 6.49. The van der Waals surface area contributed by atoms with Crippen molar-refractivity contribution >= 4 is 0 Å². The van der Waals surface area contributed by atoms with Crippen LogP contribution in [0.1, 0.15) is 46.0 Å². The SMILES string of the molecule is CC(C)[C@@H]1OC[C@]2(CO)COC3(CCCCC3)N12. The monoisotopic (exact) mass is 255 g/mol. The van der Waals surface area contributed by atoms with E-state index in [0.29, 0.717) is 19.1 Å². The third-order valence-corrected chi connectivity index (χ3v) is 4.84. The van der Waals surface area contributed by atoms with Crippen LogP contribution < -0.4 is 0 Å². The average Bonchev–Trinajstić information content (AvgIpc) is 2.90. The fourth-order valence-corrected chi connectivity index (χ4v) is 3.92. The molecule has 1 saturated carbocycles. The van der Waals surface area contributed by atoms with Crippen LogP contribution in [-0.2, 0) is 9.47 Å². The molecule has 0 aromatic carbocycles. The molecule has 0 aromatic rings. The van der Waals surface area contributed by atoms with E-state index >= 15 is 0 Å². The van der Waals surface area contributed by atoms with Crippen LogP contribution in [0.15, 0.2) is 0 Å². The number of hydrogen-bond acceptors (Lipinski definition) is 4. The zero-order valence-electron chi connectivity index (χ0n) is 11.5. The number of hydrogen-bond donors (Lipinski definition) is 1. The number of nitrogens with zero attached hydrogens (tertiary/aromatic N) is 1. The number of ether oxygens (including phenoxy) is 2. The van der Waals surface area contributed by atoms with E-state index in [1.807, 2.05) is 0 Å². The fourth-order valence-electron chi connectivity index (χ4n) is 3.92. The summed E-state index contributed by atoms with van der Waals surface area (Å²) < 4.78 is 12.2. The Labute approximate surface area is 109 Å². The summed E-state index contributed by atoms with van der Waals surface area (Å²) >= 11 is 0. The standard InChI is InChI=1S/C14H25NO3/c1-11(2)12-15-13(8-16,9-17-12)10-18-14(15)6-4-3-5-7-14/h11-12,16H,3-10H2,1-2H3/t12-,13+/m0/s1. The van der Waals surface area contributed by atoms with Crippen molar-refractivity contribution < 1.29 is 14.6 Å². The average molecular weight is 255 g/mol. The second kappa shape index (κ2) is 4.44. The van der Waals surface area contributed by atoms with Crippen LogP contribution in [-0.4, -0.2) is 47.3 Å². The highest BCUT2D eigenvalue weighted by molar-refractivity contribution is 5.08. The van der Waals surface area contributed by atoms with E-state index in [4.69, 9.17) is 9.47 Å². The van der Waals surface area contributed by atoms with Crippen LogP contribution in [0.3, 0.4) is 0 Å². The molecule has 3 rings (SSSR count). The number of rotatable bonds is 2. The van der Waals surface area contributed by atoms with Gasteiger partial charge < -0.3 is 14.6 Å². The third kappa shape index (κ3) is 1.66. The molecule has 1 aliphatic carbocycles. The quantitative estimate of drug-likeness (QED) is 0.816. The molecule has 0 aromatic heterocycles. The first-order chi connectivity index (χ1) is 8.64. The van der Waals surface area contributed by atoms with Gasteiger partial charge in [-0.1, -0.05) is 20.3 Å². The van der Waals surface area contributed by atoms with Crippen molar-refractivity contribution in [2.24, 2.45) is 5.92 Å².